The quantitative estimate of drug-likeness (QED) is 0.186. The molecule has 0 aliphatic carbocycles. The van der Waals surface area contributed by atoms with Gasteiger partial charge in [-0.15, -0.1) is 0 Å². The van der Waals surface area contributed by atoms with Gasteiger partial charge in [-0.1, -0.05) is 63.1 Å². The van der Waals surface area contributed by atoms with Crippen LogP contribution in [0.3, 0.4) is 0 Å². The Morgan fingerprint density at radius 3 is 1.52 bits per heavy atom. The number of unbranched alkanes of at least 4 members (excludes halogenated alkanes) is 2. The molecule has 1 aromatic heterocycles. The first-order valence-corrected chi connectivity index (χ1v) is 15.6. The highest BCUT2D eigenvalue weighted by Gasteiger charge is 2.29. The molecule has 3 nitrogen and oxygen atoms in total. The largest absolute Gasteiger partial charge is 0.268 e. The van der Waals surface area contributed by atoms with E-state index in [0.29, 0.717) is 10.8 Å². The maximum absolute atomic E-state index is 14.7. The molecule has 0 fully saturated rings. The Balaban J connectivity index is 1.68. The van der Waals surface area contributed by atoms with E-state index in [1.54, 1.807) is 0 Å². The number of hydrogen-bond acceptors (Lipinski definition) is 2. The van der Waals surface area contributed by atoms with E-state index in [-0.39, 0.29) is 11.1 Å². The lowest BCUT2D eigenvalue weighted by atomic mass is 9.90. The number of nitrogens with zero attached hydrogens (tertiary/aromatic N) is 1. The van der Waals surface area contributed by atoms with Crippen molar-refractivity contribution in [1.82, 2.24) is 4.57 Å². The molecule has 0 bridgehead atoms. The third kappa shape index (κ3) is 3.06. The zero-order valence-electron chi connectivity index (χ0n) is 25.1. The summed E-state index contributed by atoms with van der Waals surface area (Å²) >= 11 is 0. The Morgan fingerprint density at radius 2 is 1.02 bits per heavy atom. The first-order valence-electron chi connectivity index (χ1n) is 15.6. The highest BCUT2D eigenvalue weighted by atomic mass is 16.2. The molecule has 0 aliphatic rings. The van der Waals surface area contributed by atoms with E-state index < -0.39 is 0 Å². The Hall–Kier alpha value is -4.24. The molecule has 42 heavy (non-hydrogen) atoms. The minimum Gasteiger partial charge on any atom is -0.268 e. The number of benzene rings is 6. The fraction of sp³-hybridized carbons (Fsp3) is 0.282. The van der Waals surface area contributed by atoms with Crippen LogP contribution in [0, 0.1) is 20.8 Å². The molecule has 0 amide bonds. The van der Waals surface area contributed by atoms with Crippen molar-refractivity contribution in [2.75, 3.05) is 0 Å². The zero-order chi connectivity index (χ0) is 29.0. The molecule has 0 saturated heterocycles. The van der Waals surface area contributed by atoms with Gasteiger partial charge in [-0.05, 0) is 140 Å². The van der Waals surface area contributed by atoms with E-state index in [1.807, 2.05) is 26.8 Å². The second-order valence-electron chi connectivity index (χ2n) is 12.6. The van der Waals surface area contributed by atoms with Gasteiger partial charge in [-0.2, -0.15) is 0 Å². The smallest absolute Gasteiger partial charge is 0.266 e. The van der Waals surface area contributed by atoms with Crippen LogP contribution in [0.1, 0.15) is 67.3 Å². The van der Waals surface area contributed by atoms with Crippen molar-refractivity contribution < 1.29 is 0 Å². The molecule has 3 heteroatoms. The van der Waals surface area contributed by atoms with Crippen LogP contribution < -0.4 is 11.1 Å². The number of hydrogen-bond donors (Lipinski definition) is 0. The average molecular weight is 550 g/mol. The van der Waals surface area contributed by atoms with Gasteiger partial charge in [0.05, 0.1) is 16.5 Å². The highest BCUT2D eigenvalue weighted by Crippen LogP contribution is 2.51. The van der Waals surface area contributed by atoms with Gasteiger partial charge in [0.25, 0.3) is 11.1 Å². The van der Waals surface area contributed by atoms with Gasteiger partial charge in [0.2, 0.25) is 0 Å². The molecule has 0 spiro atoms. The van der Waals surface area contributed by atoms with E-state index >= 15 is 0 Å². The highest BCUT2D eigenvalue weighted by molar-refractivity contribution is 6.48. The topological polar surface area (TPSA) is 39.1 Å². The van der Waals surface area contributed by atoms with Crippen LogP contribution in [0.25, 0.3) is 70.3 Å². The molecule has 0 unspecified atom stereocenters. The third-order valence-electron chi connectivity index (χ3n) is 10.2. The Bertz CT molecular complexity index is 2310. The molecule has 0 saturated carbocycles. The summed E-state index contributed by atoms with van der Waals surface area (Å²) < 4.78 is 1.49. The first kappa shape index (κ1) is 25.5. The lowest BCUT2D eigenvalue weighted by Gasteiger charge is -2.12. The van der Waals surface area contributed by atoms with Crippen LogP contribution >= 0.6 is 0 Å². The lowest BCUT2D eigenvalue weighted by Crippen LogP contribution is -2.25. The van der Waals surface area contributed by atoms with Gasteiger partial charge in [0.1, 0.15) is 0 Å². The summed E-state index contributed by atoms with van der Waals surface area (Å²) in [5.41, 5.74) is 5.93. The first-order chi connectivity index (χ1) is 20.4. The van der Waals surface area contributed by atoms with Crippen molar-refractivity contribution in [3.8, 4) is 5.69 Å². The Morgan fingerprint density at radius 1 is 0.548 bits per heavy atom. The fourth-order valence-corrected chi connectivity index (χ4v) is 7.97. The second kappa shape index (κ2) is 8.88. The maximum atomic E-state index is 14.7. The predicted octanol–water partition coefficient (Wildman–Crippen LogP) is 9.48. The van der Waals surface area contributed by atoms with Crippen LogP contribution in [0.4, 0.5) is 0 Å². The molecule has 1 heterocycles. The van der Waals surface area contributed by atoms with E-state index in [4.69, 9.17) is 0 Å². The summed E-state index contributed by atoms with van der Waals surface area (Å²) in [7, 11) is 0. The molecule has 8 rings (SSSR count). The van der Waals surface area contributed by atoms with Gasteiger partial charge < -0.3 is 0 Å². The van der Waals surface area contributed by atoms with E-state index in [1.165, 1.54) is 58.8 Å². The summed E-state index contributed by atoms with van der Waals surface area (Å²) in [5, 5.41) is 13.1. The molecule has 208 valence electrons. The summed E-state index contributed by atoms with van der Waals surface area (Å²) in [6, 6.07) is 17.7. The molecule has 0 atom stereocenters. The van der Waals surface area contributed by atoms with Gasteiger partial charge in [-0.25, -0.2) is 4.57 Å². The SMILES string of the molecule is CCCCc1cc2c3c(=O)n(-c4c(C)ccc(C)c4C)c(=O)c3c3cc(CCCC)c4ccc5ccc1c1c5c4c3c21. The van der Waals surface area contributed by atoms with Crippen molar-refractivity contribution >= 4 is 64.6 Å². The number of aromatic nitrogens is 1. The zero-order valence-corrected chi connectivity index (χ0v) is 25.1. The van der Waals surface area contributed by atoms with Crippen molar-refractivity contribution in [1.29, 1.82) is 0 Å². The minimum atomic E-state index is -0.187. The predicted molar refractivity (Wildman–Crippen MR) is 180 cm³/mol. The number of rotatable bonds is 7. The standard InChI is InChI=1S/C39H35NO2/c1-6-8-10-24-18-28-33-31-26(24)16-14-23-15-17-27-25(11-9-7-2)19-29(34(33)32(27)30(23)31)36-35(28)38(41)40(39(36)42)37-21(4)13-12-20(3)22(37)5/h12-19H,6-11H2,1-5H3. The van der Waals surface area contributed by atoms with Crippen molar-refractivity contribution in [3.63, 3.8) is 0 Å². The minimum absolute atomic E-state index is 0.187. The van der Waals surface area contributed by atoms with E-state index in [2.05, 4.69) is 56.3 Å². The average Bonchev–Trinajstić information content (AvgIpc) is 3.48. The maximum Gasteiger partial charge on any atom is 0.266 e. The molecule has 8 aromatic rings. The number of aryl methyl sites for hydroxylation is 4. The summed E-state index contributed by atoms with van der Waals surface area (Å²) in [5.74, 6) is 0. The summed E-state index contributed by atoms with van der Waals surface area (Å²) in [6.45, 7) is 10.5. The lowest BCUT2D eigenvalue weighted by molar-refractivity contribution is 0.799. The molecule has 7 aromatic carbocycles. The van der Waals surface area contributed by atoms with Gasteiger partial charge in [-0.3, -0.25) is 9.59 Å². The van der Waals surface area contributed by atoms with Crippen molar-refractivity contribution in [2.24, 2.45) is 0 Å². The summed E-state index contributed by atoms with van der Waals surface area (Å²) in [6.07, 6.45) is 6.29. The van der Waals surface area contributed by atoms with Gasteiger partial charge in [0, 0.05) is 0 Å². The van der Waals surface area contributed by atoms with Gasteiger partial charge >= 0.3 is 0 Å². The van der Waals surface area contributed by atoms with Crippen LogP contribution in [-0.4, -0.2) is 4.57 Å². The Kier molecular flexibility index (Phi) is 5.38. The second-order valence-corrected chi connectivity index (χ2v) is 12.6. The van der Waals surface area contributed by atoms with E-state index in [9.17, 15) is 9.59 Å². The van der Waals surface area contributed by atoms with Crippen LogP contribution in [-0.2, 0) is 12.8 Å². The van der Waals surface area contributed by atoms with Crippen molar-refractivity contribution in [2.45, 2.75) is 73.1 Å². The summed E-state index contributed by atoms with van der Waals surface area (Å²) in [4.78, 5) is 29.3. The van der Waals surface area contributed by atoms with Gasteiger partial charge in [0.15, 0.2) is 0 Å². The molecular weight excluding hydrogens is 514 g/mol. The third-order valence-corrected chi connectivity index (χ3v) is 10.2. The fourth-order valence-electron chi connectivity index (χ4n) is 7.97. The molecule has 0 aliphatic heterocycles. The van der Waals surface area contributed by atoms with Crippen LogP contribution in [0.5, 0.6) is 0 Å². The van der Waals surface area contributed by atoms with Crippen molar-refractivity contribution in [3.05, 3.63) is 97.1 Å². The molecule has 0 N–H and O–H groups in total. The molecular formula is C39H35NO2. The molecule has 0 radical (unpaired) electrons. The monoisotopic (exact) mass is 549 g/mol. The Labute approximate surface area is 244 Å². The van der Waals surface area contributed by atoms with E-state index in [0.717, 1.165) is 71.7 Å². The van der Waals surface area contributed by atoms with Crippen LogP contribution in [0.2, 0.25) is 0 Å². The van der Waals surface area contributed by atoms with Crippen LogP contribution in [0.15, 0.2) is 58.1 Å². The number of fused-ring (bicyclic) bond motifs is 3. The normalized spacial score (nSPS) is 12.7.